The fourth-order valence-electron chi connectivity index (χ4n) is 1.57. The Hall–Kier alpha value is -0.670. The first kappa shape index (κ1) is 10.4. The zero-order chi connectivity index (χ0) is 9.90. The van der Waals surface area contributed by atoms with Gasteiger partial charge in [0, 0.05) is 6.54 Å². The van der Waals surface area contributed by atoms with Crippen molar-refractivity contribution in [3.05, 3.63) is 0 Å². The van der Waals surface area contributed by atoms with E-state index < -0.39 is 12.3 Å². The third kappa shape index (κ3) is 2.94. The van der Waals surface area contributed by atoms with E-state index in [9.17, 15) is 13.6 Å². The van der Waals surface area contributed by atoms with Gasteiger partial charge in [-0.1, -0.05) is 13.3 Å². The van der Waals surface area contributed by atoms with Crippen molar-refractivity contribution in [1.29, 1.82) is 0 Å². The van der Waals surface area contributed by atoms with Crippen LogP contribution < -0.4 is 5.32 Å². The van der Waals surface area contributed by atoms with E-state index >= 15 is 0 Å². The molecule has 1 N–H and O–H groups in total. The molecular weight excluding hydrogens is 176 g/mol. The first-order valence-corrected chi connectivity index (χ1v) is 4.65. The number of carbonyl (C=O) groups excluding carboxylic acids is 1. The van der Waals surface area contributed by atoms with Crippen LogP contribution in [0.1, 0.15) is 32.6 Å². The molecule has 0 heterocycles. The summed E-state index contributed by atoms with van der Waals surface area (Å²) < 4.78 is 23.6. The highest BCUT2D eigenvalue weighted by Crippen LogP contribution is 2.48. The van der Waals surface area contributed by atoms with Crippen LogP contribution in [0.2, 0.25) is 0 Å². The predicted molar refractivity (Wildman–Crippen MR) is 45.6 cm³/mol. The van der Waals surface area contributed by atoms with Crippen LogP contribution in [0.25, 0.3) is 0 Å². The van der Waals surface area contributed by atoms with E-state index in [0.29, 0.717) is 6.54 Å². The van der Waals surface area contributed by atoms with Gasteiger partial charge < -0.3 is 5.32 Å². The third-order valence-electron chi connectivity index (χ3n) is 2.57. The largest absolute Gasteiger partial charge is 0.351 e. The van der Waals surface area contributed by atoms with Crippen LogP contribution in [0.15, 0.2) is 0 Å². The molecule has 1 fully saturated rings. The fourth-order valence-corrected chi connectivity index (χ4v) is 1.57. The number of hydrogen-bond acceptors (Lipinski definition) is 1. The summed E-state index contributed by atoms with van der Waals surface area (Å²) in [5, 5.41) is 2.28. The second kappa shape index (κ2) is 4.03. The van der Waals surface area contributed by atoms with E-state index in [2.05, 4.69) is 12.2 Å². The molecule has 1 rings (SSSR count). The number of amides is 1. The van der Waals surface area contributed by atoms with Crippen molar-refractivity contribution in [2.45, 2.75) is 39.0 Å². The summed E-state index contributed by atoms with van der Waals surface area (Å²) in [4.78, 5) is 10.6. The molecule has 0 atom stereocenters. The maximum atomic E-state index is 11.8. The van der Waals surface area contributed by atoms with Gasteiger partial charge in [0.25, 0.3) is 5.91 Å². The van der Waals surface area contributed by atoms with Crippen molar-refractivity contribution >= 4 is 5.91 Å². The standard InChI is InChI=1S/C9H15F2NO/c1-2-3-9(4-5-9)6-12-8(13)7(10)11/h7H,2-6H2,1H3,(H,12,13). The topological polar surface area (TPSA) is 29.1 Å². The summed E-state index contributed by atoms with van der Waals surface area (Å²) in [6, 6.07) is 0. The Morgan fingerprint density at radius 1 is 1.54 bits per heavy atom. The van der Waals surface area contributed by atoms with Crippen LogP contribution in [0.4, 0.5) is 8.78 Å². The molecule has 0 aromatic rings. The Bertz CT molecular complexity index is 190. The Labute approximate surface area is 76.7 Å². The highest BCUT2D eigenvalue weighted by molar-refractivity contribution is 5.79. The van der Waals surface area contributed by atoms with Gasteiger partial charge in [-0.2, -0.15) is 8.78 Å². The minimum atomic E-state index is -2.88. The van der Waals surface area contributed by atoms with Crippen molar-refractivity contribution in [3.8, 4) is 0 Å². The summed E-state index contributed by atoms with van der Waals surface area (Å²) >= 11 is 0. The van der Waals surface area contributed by atoms with Gasteiger partial charge in [0.2, 0.25) is 0 Å². The Balaban J connectivity index is 2.22. The van der Waals surface area contributed by atoms with E-state index in [1.54, 1.807) is 0 Å². The average Bonchev–Trinajstić information content (AvgIpc) is 2.82. The molecule has 1 saturated carbocycles. The lowest BCUT2D eigenvalue weighted by Crippen LogP contribution is -2.34. The van der Waals surface area contributed by atoms with Gasteiger partial charge in [-0.05, 0) is 24.7 Å². The molecule has 2 nitrogen and oxygen atoms in total. The molecule has 1 aliphatic rings. The van der Waals surface area contributed by atoms with Crippen LogP contribution in [0, 0.1) is 5.41 Å². The molecule has 1 aliphatic carbocycles. The normalized spacial score (nSPS) is 18.8. The number of hydrogen-bond donors (Lipinski definition) is 1. The molecule has 0 bridgehead atoms. The molecule has 13 heavy (non-hydrogen) atoms. The monoisotopic (exact) mass is 191 g/mol. The zero-order valence-corrected chi connectivity index (χ0v) is 7.78. The minimum absolute atomic E-state index is 0.152. The van der Waals surface area contributed by atoms with Gasteiger partial charge in [0.15, 0.2) is 0 Å². The van der Waals surface area contributed by atoms with Gasteiger partial charge in [-0.15, -0.1) is 0 Å². The molecule has 0 aromatic heterocycles. The van der Waals surface area contributed by atoms with Crippen LogP contribution in [0.3, 0.4) is 0 Å². The van der Waals surface area contributed by atoms with Crippen molar-refractivity contribution in [2.75, 3.05) is 6.54 Å². The highest BCUT2D eigenvalue weighted by Gasteiger charge is 2.41. The molecule has 0 spiro atoms. The number of alkyl halides is 2. The van der Waals surface area contributed by atoms with Gasteiger partial charge in [-0.25, -0.2) is 0 Å². The van der Waals surface area contributed by atoms with E-state index in [1.807, 2.05) is 0 Å². The van der Waals surface area contributed by atoms with Crippen LogP contribution in [0.5, 0.6) is 0 Å². The quantitative estimate of drug-likeness (QED) is 0.707. The van der Waals surface area contributed by atoms with Gasteiger partial charge in [-0.3, -0.25) is 4.79 Å². The summed E-state index contributed by atoms with van der Waals surface area (Å²) in [7, 11) is 0. The van der Waals surface area contributed by atoms with Crippen molar-refractivity contribution in [2.24, 2.45) is 5.41 Å². The van der Waals surface area contributed by atoms with Gasteiger partial charge in [0.05, 0.1) is 0 Å². The fraction of sp³-hybridized carbons (Fsp3) is 0.889. The van der Waals surface area contributed by atoms with E-state index in [0.717, 1.165) is 25.7 Å². The predicted octanol–water partition coefficient (Wildman–Crippen LogP) is 1.95. The molecular formula is C9H15F2NO. The van der Waals surface area contributed by atoms with Crippen molar-refractivity contribution in [3.63, 3.8) is 0 Å². The first-order chi connectivity index (χ1) is 6.09. The smallest absolute Gasteiger partial charge is 0.315 e. The first-order valence-electron chi connectivity index (χ1n) is 4.65. The number of carbonyl (C=O) groups is 1. The zero-order valence-electron chi connectivity index (χ0n) is 7.78. The molecule has 0 aromatic carbocycles. The highest BCUT2D eigenvalue weighted by atomic mass is 19.3. The molecule has 1 amide bonds. The Morgan fingerprint density at radius 3 is 2.54 bits per heavy atom. The molecule has 0 radical (unpaired) electrons. The molecule has 4 heteroatoms. The van der Waals surface area contributed by atoms with Gasteiger partial charge in [0.1, 0.15) is 0 Å². The molecule has 76 valence electrons. The second-order valence-electron chi connectivity index (χ2n) is 3.77. The lowest BCUT2D eigenvalue weighted by atomic mass is 10.0. The number of nitrogens with one attached hydrogen (secondary N) is 1. The summed E-state index contributed by atoms with van der Waals surface area (Å²) in [5.41, 5.74) is 0.152. The molecule has 0 aliphatic heterocycles. The van der Waals surface area contributed by atoms with Crippen LogP contribution in [-0.4, -0.2) is 18.9 Å². The maximum Gasteiger partial charge on any atom is 0.315 e. The average molecular weight is 191 g/mol. The summed E-state index contributed by atoms with van der Waals surface area (Å²) in [5.74, 6) is -1.14. The summed E-state index contributed by atoms with van der Waals surface area (Å²) in [6.07, 6.45) is 1.31. The van der Waals surface area contributed by atoms with Crippen molar-refractivity contribution < 1.29 is 13.6 Å². The number of halogens is 2. The molecule has 0 saturated heterocycles. The summed E-state index contributed by atoms with van der Waals surface area (Å²) in [6.45, 7) is 2.49. The SMILES string of the molecule is CCCC1(CNC(=O)C(F)F)CC1. The van der Waals surface area contributed by atoms with E-state index in [4.69, 9.17) is 0 Å². The Kier molecular flexibility index (Phi) is 3.22. The van der Waals surface area contributed by atoms with E-state index in [-0.39, 0.29) is 5.41 Å². The van der Waals surface area contributed by atoms with Crippen molar-refractivity contribution in [1.82, 2.24) is 5.32 Å². The molecule has 0 unspecified atom stereocenters. The van der Waals surface area contributed by atoms with Gasteiger partial charge >= 0.3 is 6.43 Å². The lowest BCUT2D eigenvalue weighted by molar-refractivity contribution is -0.132. The van der Waals surface area contributed by atoms with Crippen LogP contribution in [-0.2, 0) is 4.79 Å². The van der Waals surface area contributed by atoms with E-state index in [1.165, 1.54) is 0 Å². The minimum Gasteiger partial charge on any atom is -0.351 e. The maximum absolute atomic E-state index is 11.8. The lowest BCUT2D eigenvalue weighted by Gasteiger charge is -2.14. The van der Waals surface area contributed by atoms with Crippen LogP contribution >= 0.6 is 0 Å². The Morgan fingerprint density at radius 2 is 2.15 bits per heavy atom. The second-order valence-corrected chi connectivity index (χ2v) is 3.77. The number of rotatable bonds is 5. The third-order valence-corrected chi connectivity index (χ3v) is 2.57.